The first-order valence-electron chi connectivity index (χ1n) is 6.20. The summed E-state index contributed by atoms with van der Waals surface area (Å²) in [5.74, 6) is 2.64. The molecule has 1 N–H and O–H groups in total. The van der Waals surface area contributed by atoms with E-state index in [4.69, 9.17) is 11.6 Å². The van der Waals surface area contributed by atoms with E-state index in [0.29, 0.717) is 11.2 Å². The lowest BCUT2D eigenvalue weighted by molar-refractivity contribution is 0.621. The summed E-state index contributed by atoms with van der Waals surface area (Å²) in [5.41, 5.74) is 0.964. The second kappa shape index (κ2) is 5.97. The SMILES string of the molecule is CC(C)c1c(Cl)ncnc1NC1CCS(=O)CC1. The lowest BCUT2D eigenvalue weighted by Crippen LogP contribution is -2.30. The van der Waals surface area contributed by atoms with Crippen molar-refractivity contribution in [1.82, 2.24) is 9.97 Å². The fourth-order valence-corrected chi connectivity index (χ4v) is 3.78. The molecule has 2 heterocycles. The number of nitrogens with zero attached hydrogens (tertiary/aromatic N) is 2. The highest BCUT2D eigenvalue weighted by molar-refractivity contribution is 7.85. The average Bonchev–Trinajstić information content (AvgIpc) is 2.32. The zero-order valence-electron chi connectivity index (χ0n) is 10.6. The molecule has 1 aliphatic rings. The second-order valence-corrected chi connectivity index (χ2v) is 6.90. The Labute approximate surface area is 115 Å². The highest BCUT2D eigenvalue weighted by Gasteiger charge is 2.21. The van der Waals surface area contributed by atoms with Crippen molar-refractivity contribution in [2.24, 2.45) is 0 Å². The maximum atomic E-state index is 11.3. The zero-order valence-corrected chi connectivity index (χ0v) is 12.2. The van der Waals surface area contributed by atoms with E-state index < -0.39 is 10.8 Å². The number of aromatic nitrogens is 2. The average molecular weight is 288 g/mol. The van der Waals surface area contributed by atoms with Crippen LogP contribution in [0.15, 0.2) is 6.33 Å². The van der Waals surface area contributed by atoms with Crippen LogP contribution >= 0.6 is 11.6 Å². The smallest absolute Gasteiger partial charge is 0.138 e. The number of nitrogens with one attached hydrogen (secondary N) is 1. The Kier molecular flexibility index (Phi) is 4.56. The topological polar surface area (TPSA) is 54.9 Å². The first-order valence-corrected chi connectivity index (χ1v) is 8.06. The molecule has 100 valence electrons. The summed E-state index contributed by atoms with van der Waals surface area (Å²) in [6, 6.07) is 0.339. The number of hydrogen-bond acceptors (Lipinski definition) is 4. The van der Waals surface area contributed by atoms with Gasteiger partial charge in [-0.3, -0.25) is 4.21 Å². The van der Waals surface area contributed by atoms with Crippen LogP contribution in [0.1, 0.15) is 38.2 Å². The van der Waals surface area contributed by atoms with E-state index in [0.717, 1.165) is 35.7 Å². The van der Waals surface area contributed by atoms with Crippen LogP contribution in [-0.2, 0) is 10.8 Å². The molecular weight excluding hydrogens is 270 g/mol. The molecule has 1 saturated heterocycles. The first-order chi connectivity index (χ1) is 8.58. The fourth-order valence-electron chi connectivity index (χ4n) is 2.13. The van der Waals surface area contributed by atoms with Gasteiger partial charge in [0, 0.05) is 33.9 Å². The van der Waals surface area contributed by atoms with Gasteiger partial charge in [0.2, 0.25) is 0 Å². The monoisotopic (exact) mass is 287 g/mol. The molecule has 4 nitrogen and oxygen atoms in total. The molecule has 0 atom stereocenters. The van der Waals surface area contributed by atoms with Gasteiger partial charge < -0.3 is 5.32 Å². The fraction of sp³-hybridized carbons (Fsp3) is 0.667. The van der Waals surface area contributed by atoms with Gasteiger partial charge in [-0.15, -0.1) is 0 Å². The molecule has 0 saturated carbocycles. The molecule has 0 radical (unpaired) electrons. The number of hydrogen-bond donors (Lipinski definition) is 1. The Morgan fingerprint density at radius 1 is 1.39 bits per heavy atom. The third-order valence-electron chi connectivity index (χ3n) is 3.14. The maximum absolute atomic E-state index is 11.3. The van der Waals surface area contributed by atoms with Crippen LogP contribution in [0.25, 0.3) is 0 Å². The van der Waals surface area contributed by atoms with Gasteiger partial charge >= 0.3 is 0 Å². The van der Waals surface area contributed by atoms with E-state index in [1.54, 1.807) is 0 Å². The summed E-state index contributed by atoms with van der Waals surface area (Å²) in [7, 11) is -0.636. The van der Waals surface area contributed by atoms with Crippen molar-refractivity contribution in [2.45, 2.75) is 38.6 Å². The van der Waals surface area contributed by atoms with E-state index in [-0.39, 0.29) is 5.92 Å². The molecule has 18 heavy (non-hydrogen) atoms. The van der Waals surface area contributed by atoms with E-state index >= 15 is 0 Å². The molecule has 0 amide bonds. The normalized spacial score (nSPS) is 24.2. The quantitative estimate of drug-likeness (QED) is 0.868. The molecule has 0 aromatic carbocycles. The molecule has 0 unspecified atom stereocenters. The summed E-state index contributed by atoms with van der Waals surface area (Å²) in [4.78, 5) is 8.32. The van der Waals surface area contributed by atoms with E-state index in [1.165, 1.54) is 6.33 Å². The molecule has 1 fully saturated rings. The first kappa shape index (κ1) is 13.7. The van der Waals surface area contributed by atoms with Gasteiger partial charge in [0.1, 0.15) is 17.3 Å². The lowest BCUT2D eigenvalue weighted by Gasteiger charge is -2.25. The molecule has 1 aromatic rings. The largest absolute Gasteiger partial charge is 0.367 e. The molecule has 6 heteroatoms. The highest BCUT2D eigenvalue weighted by atomic mass is 35.5. The minimum atomic E-state index is -0.636. The van der Waals surface area contributed by atoms with Crippen molar-refractivity contribution in [3.8, 4) is 0 Å². The maximum Gasteiger partial charge on any atom is 0.138 e. The van der Waals surface area contributed by atoms with Crippen LogP contribution < -0.4 is 5.32 Å². The standard InChI is InChI=1S/C12H18ClN3OS/c1-8(2)10-11(13)14-7-15-12(10)16-9-3-5-18(17)6-4-9/h7-9H,3-6H2,1-2H3,(H,14,15,16). The van der Waals surface area contributed by atoms with E-state index in [2.05, 4.69) is 29.1 Å². The van der Waals surface area contributed by atoms with Crippen LogP contribution in [0.3, 0.4) is 0 Å². The third-order valence-corrected chi connectivity index (χ3v) is 4.82. The molecule has 0 bridgehead atoms. The number of anilines is 1. The summed E-state index contributed by atoms with van der Waals surface area (Å²) < 4.78 is 11.3. The van der Waals surface area contributed by atoms with Gasteiger partial charge in [0.05, 0.1) is 0 Å². The van der Waals surface area contributed by atoms with Crippen LogP contribution in [0.5, 0.6) is 0 Å². The Morgan fingerprint density at radius 2 is 2.06 bits per heavy atom. The van der Waals surface area contributed by atoms with Crippen LogP contribution in [0, 0.1) is 0 Å². The van der Waals surface area contributed by atoms with Crippen molar-refractivity contribution in [1.29, 1.82) is 0 Å². The molecule has 1 aromatic heterocycles. The van der Waals surface area contributed by atoms with E-state index in [1.807, 2.05) is 0 Å². The third kappa shape index (κ3) is 3.20. The highest BCUT2D eigenvalue weighted by Crippen LogP contribution is 2.29. The molecule has 0 spiro atoms. The van der Waals surface area contributed by atoms with Gasteiger partial charge in [-0.2, -0.15) is 0 Å². The second-order valence-electron chi connectivity index (χ2n) is 4.85. The summed E-state index contributed by atoms with van der Waals surface area (Å²) in [6.07, 6.45) is 3.33. The van der Waals surface area contributed by atoms with Crippen LogP contribution in [0.4, 0.5) is 5.82 Å². The summed E-state index contributed by atoms with van der Waals surface area (Å²) in [5, 5.41) is 3.94. The van der Waals surface area contributed by atoms with Crippen molar-refractivity contribution in [2.75, 3.05) is 16.8 Å². The predicted octanol–water partition coefficient (Wildman–Crippen LogP) is 2.58. The minimum absolute atomic E-state index is 0.277. The summed E-state index contributed by atoms with van der Waals surface area (Å²) in [6.45, 7) is 4.15. The van der Waals surface area contributed by atoms with Crippen molar-refractivity contribution in [3.05, 3.63) is 17.0 Å². The van der Waals surface area contributed by atoms with Gasteiger partial charge in [-0.25, -0.2) is 9.97 Å². The lowest BCUT2D eigenvalue weighted by atomic mass is 10.1. The van der Waals surface area contributed by atoms with Gasteiger partial charge in [0.15, 0.2) is 0 Å². The molecular formula is C12H18ClN3OS. The van der Waals surface area contributed by atoms with Crippen LogP contribution in [-0.4, -0.2) is 31.7 Å². The van der Waals surface area contributed by atoms with Gasteiger partial charge in [-0.05, 0) is 18.8 Å². The van der Waals surface area contributed by atoms with Crippen molar-refractivity contribution in [3.63, 3.8) is 0 Å². The van der Waals surface area contributed by atoms with E-state index in [9.17, 15) is 4.21 Å². The number of rotatable bonds is 3. The Morgan fingerprint density at radius 3 is 2.67 bits per heavy atom. The van der Waals surface area contributed by atoms with Crippen LogP contribution in [0.2, 0.25) is 5.15 Å². The van der Waals surface area contributed by atoms with Gasteiger partial charge in [0.25, 0.3) is 0 Å². The molecule has 2 rings (SSSR count). The van der Waals surface area contributed by atoms with Crippen molar-refractivity contribution < 1.29 is 4.21 Å². The van der Waals surface area contributed by atoms with Crippen molar-refractivity contribution >= 4 is 28.2 Å². The Balaban J connectivity index is 2.14. The summed E-state index contributed by atoms with van der Waals surface area (Å²) >= 11 is 6.13. The number of halogens is 1. The molecule has 1 aliphatic heterocycles. The minimum Gasteiger partial charge on any atom is -0.367 e. The van der Waals surface area contributed by atoms with Gasteiger partial charge in [-0.1, -0.05) is 25.4 Å². The Bertz CT molecular complexity index is 443. The predicted molar refractivity (Wildman–Crippen MR) is 75.7 cm³/mol. The Hall–Kier alpha value is -0.680. The zero-order chi connectivity index (χ0) is 13.1. The molecule has 0 aliphatic carbocycles.